The van der Waals surface area contributed by atoms with E-state index in [4.69, 9.17) is 0 Å². The van der Waals surface area contributed by atoms with E-state index in [-0.39, 0.29) is 63.1 Å². The van der Waals surface area contributed by atoms with Crippen LogP contribution >= 0.6 is 0 Å². The Kier molecular flexibility index (Phi) is 6.01. The lowest BCUT2D eigenvalue weighted by Crippen LogP contribution is -2.70. The highest BCUT2D eigenvalue weighted by atomic mass is 16.3. The number of carbonyl (C=O) groups excluding carboxylic acids is 2. The molecule has 5 aliphatic rings. The predicted molar refractivity (Wildman–Crippen MR) is 142 cm³/mol. The van der Waals surface area contributed by atoms with Crippen molar-refractivity contribution in [1.82, 2.24) is 0 Å². The fourth-order valence-electron chi connectivity index (χ4n) is 11.6. The predicted octanol–water partition coefficient (Wildman–Crippen LogP) is 5.72. The first-order chi connectivity index (χ1) is 17.0. The van der Waals surface area contributed by atoms with Crippen LogP contribution in [0, 0.1) is 73.4 Å². The Bertz CT molecular complexity index is 1040. The van der Waals surface area contributed by atoms with Crippen LogP contribution in [0.4, 0.5) is 0 Å². The van der Waals surface area contributed by atoms with Gasteiger partial charge in [-0.05, 0) is 90.8 Å². The zero-order valence-corrected chi connectivity index (χ0v) is 24.2. The quantitative estimate of drug-likeness (QED) is 0.494. The molecule has 0 aromatic rings. The van der Waals surface area contributed by atoms with Gasteiger partial charge < -0.3 is 10.2 Å². The van der Waals surface area contributed by atoms with Crippen LogP contribution in [-0.4, -0.2) is 34.5 Å². The van der Waals surface area contributed by atoms with Gasteiger partial charge in [0.25, 0.3) is 0 Å². The molecular weight excluding hydrogens is 462 g/mol. The van der Waals surface area contributed by atoms with Crippen molar-refractivity contribution in [3.63, 3.8) is 0 Å². The SMILES string of the molecule is CC1(C)CC[C@]2([C@H](O)CO)CC[C@]3(C)[C@H](C(=O)C[C@@H]4[C@@]5(C)CC(C#N)C(=O)C(C)(C)[C@@H]5CC[C@]43C)[C@@H]2C1. The van der Waals surface area contributed by atoms with Crippen LogP contribution in [0.1, 0.15) is 106 Å². The van der Waals surface area contributed by atoms with E-state index < -0.39 is 17.4 Å². The molecule has 5 aliphatic carbocycles. The van der Waals surface area contributed by atoms with E-state index in [1.54, 1.807) is 0 Å². The van der Waals surface area contributed by atoms with Crippen LogP contribution in [0.3, 0.4) is 0 Å². The summed E-state index contributed by atoms with van der Waals surface area (Å²) < 4.78 is 0. The van der Waals surface area contributed by atoms with E-state index in [0.29, 0.717) is 18.6 Å². The lowest BCUT2D eigenvalue weighted by Gasteiger charge is -2.73. The number of hydrogen-bond donors (Lipinski definition) is 2. The first kappa shape index (κ1) is 27.3. The van der Waals surface area contributed by atoms with Crippen LogP contribution in [0.15, 0.2) is 0 Å². The number of carbonyl (C=O) groups is 2. The molecule has 0 spiro atoms. The van der Waals surface area contributed by atoms with Gasteiger partial charge in [0, 0.05) is 23.2 Å². The van der Waals surface area contributed by atoms with Crippen molar-refractivity contribution in [2.45, 2.75) is 112 Å². The van der Waals surface area contributed by atoms with Crippen molar-refractivity contribution in [3.05, 3.63) is 0 Å². The van der Waals surface area contributed by atoms with Crippen molar-refractivity contribution >= 4 is 11.6 Å². The summed E-state index contributed by atoms with van der Waals surface area (Å²) in [6.07, 6.45) is 6.76. The Labute approximate surface area is 223 Å². The van der Waals surface area contributed by atoms with E-state index in [9.17, 15) is 25.1 Å². The van der Waals surface area contributed by atoms with Gasteiger partial charge in [-0.2, -0.15) is 5.26 Å². The number of Topliss-reactive ketones (excluding diaryl/α,β-unsaturated/α-hetero) is 2. The molecule has 5 saturated carbocycles. The maximum Gasteiger partial charge on any atom is 0.155 e. The van der Waals surface area contributed by atoms with Gasteiger partial charge in [-0.15, -0.1) is 0 Å². The zero-order valence-electron chi connectivity index (χ0n) is 24.2. The lowest BCUT2D eigenvalue weighted by atomic mass is 9.30. The minimum Gasteiger partial charge on any atom is -0.394 e. The van der Waals surface area contributed by atoms with Crippen LogP contribution in [0.25, 0.3) is 0 Å². The van der Waals surface area contributed by atoms with E-state index in [1.165, 1.54) is 0 Å². The van der Waals surface area contributed by atoms with Crippen LogP contribution < -0.4 is 0 Å². The molecule has 0 aromatic heterocycles. The number of rotatable bonds is 2. The Hall–Kier alpha value is -1.25. The molecule has 1 unspecified atom stereocenters. The highest BCUT2D eigenvalue weighted by Crippen LogP contribution is 2.76. The molecule has 0 aromatic carbocycles. The van der Waals surface area contributed by atoms with Crippen molar-refractivity contribution in [1.29, 1.82) is 5.26 Å². The van der Waals surface area contributed by atoms with Gasteiger partial charge >= 0.3 is 0 Å². The molecule has 5 heteroatoms. The highest BCUT2D eigenvalue weighted by Gasteiger charge is 2.73. The molecule has 37 heavy (non-hydrogen) atoms. The maximum atomic E-state index is 14.5. The van der Waals surface area contributed by atoms with Crippen molar-refractivity contribution < 1.29 is 19.8 Å². The number of fused-ring (bicyclic) bond motifs is 7. The second-order valence-electron chi connectivity index (χ2n) is 16.0. The molecular formula is C32H49NO4. The van der Waals surface area contributed by atoms with Crippen molar-refractivity contribution in [2.24, 2.45) is 62.1 Å². The number of nitrogens with zero attached hydrogens (tertiary/aromatic N) is 1. The number of ketones is 2. The van der Waals surface area contributed by atoms with Gasteiger partial charge in [0.2, 0.25) is 0 Å². The largest absolute Gasteiger partial charge is 0.394 e. The van der Waals surface area contributed by atoms with E-state index in [0.717, 1.165) is 44.9 Å². The summed E-state index contributed by atoms with van der Waals surface area (Å²) >= 11 is 0. The van der Waals surface area contributed by atoms with Crippen molar-refractivity contribution in [3.8, 4) is 6.07 Å². The third-order valence-electron chi connectivity index (χ3n) is 13.8. The Balaban J connectivity index is 1.61. The Morgan fingerprint density at radius 2 is 1.57 bits per heavy atom. The zero-order chi connectivity index (χ0) is 27.4. The number of nitriles is 1. The lowest BCUT2D eigenvalue weighted by molar-refractivity contribution is -0.246. The highest BCUT2D eigenvalue weighted by molar-refractivity contribution is 5.90. The van der Waals surface area contributed by atoms with Gasteiger partial charge in [0.15, 0.2) is 5.78 Å². The van der Waals surface area contributed by atoms with E-state index in [2.05, 4.69) is 40.7 Å². The fourth-order valence-corrected chi connectivity index (χ4v) is 11.6. The smallest absolute Gasteiger partial charge is 0.155 e. The summed E-state index contributed by atoms with van der Waals surface area (Å²) in [7, 11) is 0. The molecule has 5 nitrogen and oxygen atoms in total. The van der Waals surface area contributed by atoms with Crippen molar-refractivity contribution in [2.75, 3.05) is 6.61 Å². The summed E-state index contributed by atoms with van der Waals surface area (Å²) in [5.41, 5.74) is -1.36. The minimum absolute atomic E-state index is 0.0733. The van der Waals surface area contributed by atoms with Gasteiger partial charge in [-0.25, -0.2) is 0 Å². The van der Waals surface area contributed by atoms with Gasteiger partial charge in [-0.1, -0.05) is 48.5 Å². The standard InChI is InChI=1S/C32H49NO4/c1-27(2)10-12-32(24(36)18-34)13-11-31(7)25(20(32)16-27)21(35)14-23-29(5)15-19(17-33)26(37)28(3,4)22(29)8-9-30(23,31)6/h19-20,22-25,34,36H,8-16,18H2,1-7H3/t19?,20-,22-,23+,24+,25-,29-,30+,31+,32-/m0/s1. The third kappa shape index (κ3) is 3.33. The third-order valence-corrected chi connectivity index (χ3v) is 13.8. The normalized spacial score (nSPS) is 51.1. The van der Waals surface area contributed by atoms with Gasteiger partial charge in [0.1, 0.15) is 11.7 Å². The number of aliphatic hydroxyl groups excluding tert-OH is 2. The molecule has 0 bridgehead atoms. The topological polar surface area (TPSA) is 98.4 Å². The molecule has 0 aliphatic heterocycles. The summed E-state index contributed by atoms with van der Waals surface area (Å²) in [4.78, 5) is 27.8. The van der Waals surface area contributed by atoms with Crippen LogP contribution in [-0.2, 0) is 9.59 Å². The molecule has 0 amide bonds. The first-order valence-corrected chi connectivity index (χ1v) is 14.8. The number of aliphatic hydroxyl groups is 2. The average Bonchev–Trinajstić information content (AvgIpc) is 2.82. The monoisotopic (exact) mass is 511 g/mol. The average molecular weight is 512 g/mol. The summed E-state index contributed by atoms with van der Waals surface area (Å²) in [5, 5.41) is 31.3. The summed E-state index contributed by atoms with van der Waals surface area (Å²) in [6, 6.07) is 2.34. The second kappa shape index (κ2) is 8.14. The minimum atomic E-state index is -0.786. The summed E-state index contributed by atoms with van der Waals surface area (Å²) in [6.45, 7) is 15.5. The van der Waals surface area contributed by atoms with Crippen LogP contribution in [0.2, 0.25) is 0 Å². The molecule has 5 fully saturated rings. The van der Waals surface area contributed by atoms with Gasteiger partial charge in [0.05, 0.1) is 18.8 Å². The Morgan fingerprint density at radius 3 is 2.19 bits per heavy atom. The fraction of sp³-hybridized carbons (Fsp3) is 0.906. The molecule has 206 valence electrons. The van der Waals surface area contributed by atoms with E-state index >= 15 is 0 Å². The van der Waals surface area contributed by atoms with Gasteiger partial charge in [-0.3, -0.25) is 9.59 Å². The molecule has 5 rings (SSSR count). The van der Waals surface area contributed by atoms with Crippen LogP contribution in [0.5, 0.6) is 0 Å². The maximum absolute atomic E-state index is 14.5. The second-order valence-corrected chi connectivity index (χ2v) is 16.0. The molecule has 10 atom stereocenters. The molecule has 2 N–H and O–H groups in total. The number of hydrogen-bond acceptors (Lipinski definition) is 5. The summed E-state index contributed by atoms with van der Waals surface area (Å²) in [5.74, 6) is 0.0806. The molecule has 0 heterocycles. The molecule has 0 radical (unpaired) electrons. The first-order valence-electron chi connectivity index (χ1n) is 14.8. The van der Waals surface area contributed by atoms with E-state index in [1.807, 2.05) is 13.8 Å². The Morgan fingerprint density at radius 1 is 0.919 bits per heavy atom. The molecule has 0 saturated heterocycles.